The molecule has 0 aromatic heterocycles. The van der Waals surface area contributed by atoms with Gasteiger partial charge in [-0.2, -0.15) is 0 Å². The first-order valence-corrected chi connectivity index (χ1v) is 9.52. The topological polar surface area (TPSA) is 70.7 Å². The Kier molecular flexibility index (Phi) is 6.66. The summed E-state index contributed by atoms with van der Waals surface area (Å²) in [6.45, 7) is 4.46. The number of rotatable bonds is 7. The monoisotopic (exact) mass is 381 g/mol. The first kappa shape index (κ1) is 19.9. The van der Waals surface area contributed by atoms with Crippen LogP contribution in [-0.2, 0) is 22.7 Å². The van der Waals surface area contributed by atoms with Gasteiger partial charge in [0.2, 0.25) is 11.8 Å². The predicted octanol–water partition coefficient (Wildman–Crippen LogP) is 2.01. The second-order valence-electron chi connectivity index (χ2n) is 7.04. The first-order valence-electron chi connectivity index (χ1n) is 9.52. The highest BCUT2D eigenvalue weighted by molar-refractivity contribution is 5.88. The molecular weight excluding hydrogens is 354 g/mol. The van der Waals surface area contributed by atoms with Gasteiger partial charge in [-0.05, 0) is 35.7 Å². The summed E-state index contributed by atoms with van der Waals surface area (Å²) in [6, 6.07) is 15.3. The quantitative estimate of drug-likeness (QED) is 0.770. The van der Waals surface area contributed by atoms with E-state index in [2.05, 4.69) is 34.6 Å². The molecule has 0 radical (unpaired) electrons. The highest BCUT2D eigenvalue weighted by Gasteiger charge is 2.31. The fourth-order valence-electron chi connectivity index (χ4n) is 3.41. The van der Waals surface area contributed by atoms with Crippen LogP contribution < -0.4 is 15.4 Å². The molecule has 1 saturated heterocycles. The van der Waals surface area contributed by atoms with Crippen molar-refractivity contribution in [2.75, 3.05) is 20.2 Å². The van der Waals surface area contributed by atoms with E-state index < -0.39 is 6.04 Å². The summed E-state index contributed by atoms with van der Waals surface area (Å²) in [4.78, 5) is 27.0. The lowest BCUT2D eigenvalue weighted by Gasteiger charge is -2.35. The summed E-state index contributed by atoms with van der Waals surface area (Å²) < 4.78 is 5.21. The van der Waals surface area contributed by atoms with Crippen LogP contribution in [0, 0.1) is 6.92 Å². The molecule has 1 unspecified atom stereocenters. The molecule has 0 spiro atoms. The first-order chi connectivity index (χ1) is 13.6. The third-order valence-electron chi connectivity index (χ3n) is 5.08. The molecule has 1 aliphatic heterocycles. The molecule has 2 aromatic rings. The number of carbonyl (C=O) groups is 2. The molecule has 148 valence electrons. The van der Waals surface area contributed by atoms with Crippen molar-refractivity contribution in [1.29, 1.82) is 0 Å². The maximum atomic E-state index is 12.5. The van der Waals surface area contributed by atoms with Gasteiger partial charge in [0.1, 0.15) is 5.75 Å². The van der Waals surface area contributed by atoms with Gasteiger partial charge < -0.3 is 15.4 Å². The number of ether oxygens (including phenoxy) is 1. The second kappa shape index (κ2) is 9.37. The van der Waals surface area contributed by atoms with Crippen molar-refractivity contribution in [2.24, 2.45) is 0 Å². The van der Waals surface area contributed by atoms with Gasteiger partial charge in [0.15, 0.2) is 0 Å². The van der Waals surface area contributed by atoms with Gasteiger partial charge in [0.25, 0.3) is 0 Å². The van der Waals surface area contributed by atoms with Crippen molar-refractivity contribution < 1.29 is 14.3 Å². The van der Waals surface area contributed by atoms with Crippen molar-refractivity contribution >= 4 is 11.8 Å². The maximum absolute atomic E-state index is 12.5. The average Bonchev–Trinajstić information content (AvgIpc) is 2.71. The third-order valence-corrected chi connectivity index (χ3v) is 5.08. The normalized spacial score (nSPS) is 17.1. The number of carbonyl (C=O) groups excluding carboxylic acids is 2. The van der Waals surface area contributed by atoms with Gasteiger partial charge in [-0.25, -0.2) is 0 Å². The SMILES string of the molecule is COc1cccc(CNC(=O)CC2C(=O)NCCN2Cc2ccccc2C)c1. The predicted molar refractivity (Wildman–Crippen MR) is 108 cm³/mol. The van der Waals surface area contributed by atoms with Crippen molar-refractivity contribution in [3.8, 4) is 5.75 Å². The molecule has 6 nitrogen and oxygen atoms in total. The van der Waals surface area contributed by atoms with E-state index in [4.69, 9.17) is 4.74 Å². The van der Waals surface area contributed by atoms with Crippen LogP contribution >= 0.6 is 0 Å². The van der Waals surface area contributed by atoms with Crippen LogP contribution in [0.2, 0.25) is 0 Å². The molecule has 6 heteroatoms. The number of hydrogen-bond donors (Lipinski definition) is 2. The Morgan fingerprint density at radius 2 is 2.07 bits per heavy atom. The lowest BCUT2D eigenvalue weighted by atomic mass is 10.0. The van der Waals surface area contributed by atoms with E-state index in [0.29, 0.717) is 19.6 Å². The summed E-state index contributed by atoms with van der Waals surface area (Å²) in [7, 11) is 1.61. The minimum absolute atomic E-state index is 0.0867. The fourth-order valence-corrected chi connectivity index (χ4v) is 3.41. The zero-order valence-electron chi connectivity index (χ0n) is 16.4. The smallest absolute Gasteiger partial charge is 0.237 e. The van der Waals surface area contributed by atoms with E-state index in [1.165, 1.54) is 11.1 Å². The standard InChI is InChI=1S/C22H27N3O3/c1-16-6-3-4-8-18(16)15-25-11-10-23-22(27)20(25)13-21(26)24-14-17-7-5-9-19(12-17)28-2/h3-9,12,20H,10-11,13-15H2,1-2H3,(H,23,27)(H,24,26). The van der Waals surface area contributed by atoms with Gasteiger partial charge in [0, 0.05) is 26.2 Å². The molecule has 1 heterocycles. The number of hydrogen-bond acceptors (Lipinski definition) is 4. The number of benzene rings is 2. The van der Waals surface area contributed by atoms with Crippen LogP contribution in [0.4, 0.5) is 0 Å². The zero-order chi connectivity index (χ0) is 19.9. The number of aryl methyl sites for hydroxylation is 1. The van der Waals surface area contributed by atoms with Crippen LogP contribution in [0.15, 0.2) is 48.5 Å². The summed E-state index contributed by atoms with van der Waals surface area (Å²) in [5.74, 6) is 0.527. The number of piperazine rings is 1. The summed E-state index contributed by atoms with van der Waals surface area (Å²) in [5, 5.41) is 5.79. The third kappa shape index (κ3) is 5.10. The maximum Gasteiger partial charge on any atom is 0.237 e. The van der Waals surface area contributed by atoms with E-state index in [-0.39, 0.29) is 18.2 Å². The number of methoxy groups -OCH3 is 1. The Bertz CT molecular complexity index is 837. The Labute approximate surface area is 165 Å². The Morgan fingerprint density at radius 3 is 2.86 bits per heavy atom. The zero-order valence-corrected chi connectivity index (χ0v) is 16.4. The van der Waals surface area contributed by atoms with Crippen LogP contribution in [0.5, 0.6) is 5.75 Å². The largest absolute Gasteiger partial charge is 0.497 e. The Hall–Kier alpha value is -2.86. The van der Waals surface area contributed by atoms with Crippen LogP contribution in [-0.4, -0.2) is 43.0 Å². The minimum atomic E-state index is -0.460. The molecule has 2 N–H and O–H groups in total. The average molecular weight is 381 g/mol. The van der Waals surface area contributed by atoms with Gasteiger partial charge in [-0.15, -0.1) is 0 Å². The minimum Gasteiger partial charge on any atom is -0.497 e. The lowest BCUT2D eigenvalue weighted by molar-refractivity contribution is -0.134. The summed E-state index contributed by atoms with van der Waals surface area (Å²) in [6.07, 6.45) is 0.141. The molecule has 2 amide bonds. The molecule has 0 aliphatic carbocycles. The molecule has 0 bridgehead atoms. The van der Waals surface area contributed by atoms with Crippen molar-refractivity contribution in [3.05, 3.63) is 65.2 Å². The van der Waals surface area contributed by atoms with E-state index >= 15 is 0 Å². The van der Waals surface area contributed by atoms with Crippen LogP contribution in [0.1, 0.15) is 23.1 Å². The molecule has 1 fully saturated rings. The summed E-state index contributed by atoms with van der Waals surface area (Å²) in [5.41, 5.74) is 3.33. The highest BCUT2D eigenvalue weighted by atomic mass is 16.5. The van der Waals surface area contributed by atoms with Crippen molar-refractivity contribution in [1.82, 2.24) is 15.5 Å². The number of nitrogens with one attached hydrogen (secondary N) is 2. The lowest BCUT2D eigenvalue weighted by Crippen LogP contribution is -2.56. The van der Waals surface area contributed by atoms with Crippen LogP contribution in [0.3, 0.4) is 0 Å². The van der Waals surface area contributed by atoms with Gasteiger partial charge >= 0.3 is 0 Å². The molecule has 1 aliphatic rings. The van der Waals surface area contributed by atoms with Gasteiger partial charge in [-0.1, -0.05) is 36.4 Å². The van der Waals surface area contributed by atoms with E-state index in [1.54, 1.807) is 7.11 Å². The van der Waals surface area contributed by atoms with E-state index in [1.807, 2.05) is 36.4 Å². The van der Waals surface area contributed by atoms with Crippen molar-refractivity contribution in [2.45, 2.75) is 32.5 Å². The highest BCUT2D eigenvalue weighted by Crippen LogP contribution is 2.17. The molecule has 1 atom stereocenters. The molecule has 3 rings (SSSR count). The summed E-state index contributed by atoms with van der Waals surface area (Å²) >= 11 is 0. The fraction of sp³-hybridized carbons (Fsp3) is 0.364. The number of amides is 2. The molecule has 2 aromatic carbocycles. The molecule has 28 heavy (non-hydrogen) atoms. The Balaban J connectivity index is 1.61. The van der Waals surface area contributed by atoms with E-state index in [0.717, 1.165) is 17.9 Å². The van der Waals surface area contributed by atoms with Crippen molar-refractivity contribution in [3.63, 3.8) is 0 Å². The van der Waals surface area contributed by atoms with Crippen LogP contribution in [0.25, 0.3) is 0 Å². The Morgan fingerprint density at radius 1 is 1.25 bits per heavy atom. The van der Waals surface area contributed by atoms with Gasteiger partial charge in [0.05, 0.1) is 19.6 Å². The van der Waals surface area contributed by atoms with E-state index in [9.17, 15) is 9.59 Å². The second-order valence-corrected chi connectivity index (χ2v) is 7.04. The molecular formula is C22H27N3O3. The molecule has 0 saturated carbocycles. The van der Waals surface area contributed by atoms with Gasteiger partial charge in [-0.3, -0.25) is 14.5 Å². The number of nitrogens with zero attached hydrogens (tertiary/aromatic N) is 1.